The second-order valence-electron chi connectivity index (χ2n) is 8.15. The quantitative estimate of drug-likeness (QED) is 0.408. The van der Waals surface area contributed by atoms with Gasteiger partial charge in [0, 0.05) is 35.7 Å². The molecule has 2 heterocycles. The lowest BCUT2D eigenvalue weighted by Gasteiger charge is -2.37. The molecule has 3 aromatic rings. The molecule has 4 rings (SSSR count). The number of methoxy groups -OCH3 is 1. The largest absolute Gasteiger partial charge is 0.491 e. The zero-order valence-electron chi connectivity index (χ0n) is 19.3. The summed E-state index contributed by atoms with van der Waals surface area (Å²) >= 11 is 7.64. The van der Waals surface area contributed by atoms with Crippen LogP contribution in [-0.4, -0.2) is 61.6 Å². The average Bonchev–Trinajstić information content (AvgIpc) is 3.34. The van der Waals surface area contributed by atoms with Crippen molar-refractivity contribution in [2.45, 2.75) is 12.5 Å². The highest BCUT2D eigenvalue weighted by Gasteiger charge is 2.33. The van der Waals surface area contributed by atoms with Crippen LogP contribution in [0.1, 0.15) is 26.8 Å². The van der Waals surface area contributed by atoms with Crippen molar-refractivity contribution in [3.05, 3.63) is 86.8 Å². The molecule has 9 heteroatoms. The summed E-state index contributed by atoms with van der Waals surface area (Å²) in [5.41, 5.74) is 1.25. The minimum atomic E-state index is -0.505. The monoisotopic (exact) mass is 516 g/mol. The first-order valence-corrected chi connectivity index (χ1v) is 12.5. The number of ether oxygens (including phenoxy) is 2. The summed E-state index contributed by atoms with van der Waals surface area (Å²) < 4.78 is 24.9. The molecule has 0 saturated carbocycles. The molecule has 35 heavy (non-hydrogen) atoms. The van der Waals surface area contributed by atoms with E-state index < -0.39 is 11.7 Å². The number of benzene rings is 2. The number of hydrogen-bond donors (Lipinski definition) is 0. The number of rotatable bonds is 9. The van der Waals surface area contributed by atoms with Crippen molar-refractivity contribution in [2.75, 3.05) is 40.0 Å². The Kier molecular flexibility index (Phi) is 8.38. The van der Waals surface area contributed by atoms with Gasteiger partial charge in [0.2, 0.25) is 5.91 Å². The second-order valence-corrected chi connectivity index (χ2v) is 9.58. The van der Waals surface area contributed by atoms with Gasteiger partial charge in [0.1, 0.15) is 24.7 Å². The first-order chi connectivity index (χ1) is 17.0. The summed E-state index contributed by atoms with van der Waals surface area (Å²) in [6, 6.07) is 14.3. The van der Waals surface area contributed by atoms with E-state index in [1.54, 1.807) is 40.5 Å². The molecule has 1 atom stereocenters. The van der Waals surface area contributed by atoms with Crippen molar-refractivity contribution in [1.82, 2.24) is 9.80 Å². The molecule has 0 unspecified atom stereocenters. The van der Waals surface area contributed by atoms with E-state index >= 15 is 0 Å². The van der Waals surface area contributed by atoms with Gasteiger partial charge in [-0.15, -0.1) is 11.3 Å². The van der Waals surface area contributed by atoms with Crippen LogP contribution < -0.4 is 4.74 Å². The maximum Gasteiger partial charge on any atom is 0.254 e. The lowest BCUT2D eigenvalue weighted by molar-refractivity contribution is -0.135. The van der Waals surface area contributed by atoms with Crippen molar-refractivity contribution in [1.29, 1.82) is 0 Å². The van der Waals surface area contributed by atoms with Crippen LogP contribution >= 0.6 is 22.9 Å². The highest BCUT2D eigenvalue weighted by Crippen LogP contribution is 2.34. The predicted octanol–water partition coefficient (Wildman–Crippen LogP) is 4.83. The van der Waals surface area contributed by atoms with Crippen LogP contribution in [0.25, 0.3) is 0 Å². The predicted molar refractivity (Wildman–Crippen MR) is 134 cm³/mol. The van der Waals surface area contributed by atoms with E-state index in [0.29, 0.717) is 17.3 Å². The first kappa shape index (κ1) is 25.2. The van der Waals surface area contributed by atoms with Crippen molar-refractivity contribution in [2.24, 2.45) is 0 Å². The van der Waals surface area contributed by atoms with E-state index in [0.717, 1.165) is 12.0 Å². The average molecular weight is 517 g/mol. The number of thiophene rings is 1. The maximum absolute atomic E-state index is 13.7. The Morgan fingerprint density at radius 3 is 2.74 bits per heavy atom. The Morgan fingerprint density at radius 2 is 2.00 bits per heavy atom. The third-order valence-corrected chi connectivity index (χ3v) is 7.14. The van der Waals surface area contributed by atoms with Gasteiger partial charge < -0.3 is 19.3 Å². The van der Waals surface area contributed by atoms with E-state index in [9.17, 15) is 14.0 Å². The standard InChI is InChI=1S/C26H26ClFN2O4S/c1-33-13-12-29(26(32)18-3-2-4-20(28)15-18)16-25(31)30-11-9-24-22(10-14-35-24)23(30)17-34-21-7-5-19(27)6-8-21/h2-8,10,14-15,23H,9,11-13,16-17H2,1H3/t23-/m0/s1. The lowest BCUT2D eigenvalue weighted by Crippen LogP contribution is -2.48. The van der Waals surface area contributed by atoms with Gasteiger partial charge >= 0.3 is 0 Å². The van der Waals surface area contributed by atoms with Crippen LogP contribution in [0.4, 0.5) is 4.39 Å². The highest BCUT2D eigenvalue weighted by atomic mass is 35.5. The minimum absolute atomic E-state index is 0.143. The SMILES string of the molecule is COCCN(CC(=O)N1CCc2sccc2[C@@H]1COc1ccc(Cl)cc1)C(=O)c1cccc(F)c1. The Morgan fingerprint density at radius 1 is 1.20 bits per heavy atom. The molecule has 0 fully saturated rings. The summed E-state index contributed by atoms with van der Waals surface area (Å²) in [6.07, 6.45) is 0.742. The molecule has 2 aromatic carbocycles. The summed E-state index contributed by atoms with van der Waals surface area (Å²) in [7, 11) is 1.53. The summed E-state index contributed by atoms with van der Waals surface area (Å²) in [5.74, 6) is -0.467. The highest BCUT2D eigenvalue weighted by molar-refractivity contribution is 7.10. The number of amides is 2. The van der Waals surface area contributed by atoms with Crippen molar-refractivity contribution in [3.63, 3.8) is 0 Å². The van der Waals surface area contributed by atoms with Crippen LogP contribution in [-0.2, 0) is 16.0 Å². The smallest absolute Gasteiger partial charge is 0.254 e. The van der Waals surface area contributed by atoms with Gasteiger partial charge in [0.25, 0.3) is 5.91 Å². The van der Waals surface area contributed by atoms with Crippen molar-refractivity contribution >= 4 is 34.8 Å². The number of fused-ring (bicyclic) bond motifs is 1. The zero-order chi connectivity index (χ0) is 24.8. The summed E-state index contributed by atoms with van der Waals surface area (Å²) in [4.78, 5) is 31.0. The maximum atomic E-state index is 13.7. The van der Waals surface area contributed by atoms with Gasteiger partial charge in [-0.05, 0) is 65.9 Å². The van der Waals surface area contributed by atoms with Crippen LogP contribution in [0.15, 0.2) is 60.0 Å². The summed E-state index contributed by atoms with van der Waals surface area (Å²) in [6.45, 7) is 1.11. The third-order valence-electron chi connectivity index (χ3n) is 5.89. The van der Waals surface area contributed by atoms with Gasteiger partial charge in [-0.1, -0.05) is 17.7 Å². The van der Waals surface area contributed by atoms with Gasteiger partial charge in [-0.3, -0.25) is 9.59 Å². The molecule has 0 N–H and O–H groups in total. The van der Waals surface area contributed by atoms with E-state index in [-0.39, 0.29) is 43.8 Å². The molecular weight excluding hydrogens is 491 g/mol. The van der Waals surface area contributed by atoms with Crippen LogP contribution in [0, 0.1) is 5.82 Å². The van der Waals surface area contributed by atoms with E-state index in [1.165, 1.54) is 41.2 Å². The molecule has 0 aliphatic carbocycles. The Bertz CT molecular complexity index is 1170. The van der Waals surface area contributed by atoms with Crippen molar-refractivity contribution in [3.8, 4) is 5.75 Å². The minimum Gasteiger partial charge on any atom is -0.491 e. The number of halogens is 2. The molecule has 1 aromatic heterocycles. The fraction of sp³-hybridized carbons (Fsp3) is 0.308. The Hall–Kier alpha value is -2.94. The molecule has 1 aliphatic rings. The van der Waals surface area contributed by atoms with Crippen LogP contribution in [0.2, 0.25) is 5.02 Å². The molecule has 1 aliphatic heterocycles. The van der Waals surface area contributed by atoms with E-state index in [2.05, 4.69) is 0 Å². The topological polar surface area (TPSA) is 59.1 Å². The number of hydrogen-bond acceptors (Lipinski definition) is 5. The molecular formula is C26H26ClFN2O4S. The second kappa shape index (κ2) is 11.7. The first-order valence-electron chi connectivity index (χ1n) is 11.2. The number of nitrogens with zero attached hydrogens (tertiary/aromatic N) is 2. The van der Waals surface area contributed by atoms with Gasteiger partial charge in [-0.2, -0.15) is 0 Å². The molecule has 0 saturated heterocycles. The number of carbonyl (C=O) groups is 2. The number of carbonyl (C=O) groups excluding carboxylic acids is 2. The molecule has 2 amide bonds. The molecule has 0 bridgehead atoms. The molecule has 0 radical (unpaired) electrons. The van der Waals surface area contributed by atoms with Crippen molar-refractivity contribution < 1.29 is 23.5 Å². The van der Waals surface area contributed by atoms with E-state index in [1.807, 2.05) is 11.4 Å². The van der Waals surface area contributed by atoms with Gasteiger partial charge in [0.05, 0.1) is 12.6 Å². The Balaban J connectivity index is 1.52. The van der Waals surface area contributed by atoms with E-state index in [4.69, 9.17) is 21.1 Å². The molecule has 184 valence electrons. The summed E-state index contributed by atoms with van der Waals surface area (Å²) in [5, 5.41) is 2.64. The normalized spacial score (nSPS) is 14.9. The van der Waals surface area contributed by atoms with Crippen LogP contribution in [0.3, 0.4) is 0 Å². The fourth-order valence-electron chi connectivity index (χ4n) is 4.09. The molecule has 6 nitrogen and oxygen atoms in total. The van der Waals surface area contributed by atoms with Crippen LogP contribution in [0.5, 0.6) is 5.75 Å². The Labute approximate surface area is 212 Å². The zero-order valence-corrected chi connectivity index (χ0v) is 20.9. The van der Waals surface area contributed by atoms with Gasteiger partial charge in [0.15, 0.2) is 0 Å². The van der Waals surface area contributed by atoms with Gasteiger partial charge in [-0.25, -0.2) is 4.39 Å². The third kappa shape index (κ3) is 6.20. The molecule has 0 spiro atoms. The fourth-order valence-corrected chi connectivity index (χ4v) is 5.15. The lowest BCUT2D eigenvalue weighted by atomic mass is 10.0.